The second-order valence-electron chi connectivity index (χ2n) is 5.36. The van der Waals surface area contributed by atoms with E-state index in [0.717, 1.165) is 11.3 Å². The lowest BCUT2D eigenvalue weighted by Crippen LogP contribution is -2.21. The lowest BCUT2D eigenvalue weighted by Gasteiger charge is -2.15. The predicted molar refractivity (Wildman–Crippen MR) is 74.0 cm³/mol. The number of ether oxygens (including phenoxy) is 2. The Morgan fingerprint density at radius 2 is 1.84 bits per heavy atom. The van der Waals surface area contributed by atoms with E-state index in [1.54, 1.807) is 13.2 Å². The highest BCUT2D eigenvalue weighted by molar-refractivity contribution is 6.08. The summed E-state index contributed by atoms with van der Waals surface area (Å²) >= 11 is 0. The molecule has 0 aromatic heterocycles. The van der Waals surface area contributed by atoms with Gasteiger partial charge in [0.05, 0.1) is 7.11 Å². The van der Waals surface area contributed by atoms with E-state index in [-0.39, 0.29) is 5.41 Å². The maximum atomic E-state index is 11.7. The Balaban J connectivity index is 2.27. The molecule has 0 fully saturated rings. The minimum Gasteiger partial charge on any atom is -0.497 e. The van der Waals surface area contributed by atoms with Gasteiger partial charge >= 0.3 is 5.97 Å². The van der Waals surface area contributed by atoms with Crippen LogP contribution in [0.5, 0.6) is 5.75 Å². The monoisotopic (exact) mass is 259 g/mol. The zero-order chi connectivity index (χ0) is 14.0. The van der Waals surface area contributed by atoms with Gasteiger partial charge in [-0.3, -0.25) is 0 Å². The van der Waals surface area contributed by atoms with Gasteiger partial charge in [-0.25, -0.2) is 9.79 Å². The number of rotatable bonds is 2. The second kappa shape index (κ2) is 4.88. The Kier molecular flexibility index (Phi) is 3.42. The zero-order valence-electron chi connectivity index (χ0n) is 11.6. The standard InChI is InChI=1S/C15H17NO3/c1-15(2,3)14-16-12(13(17)19-14)9-10-5-7-11(18-4)8-6-10/h5-9H,1-4H3/b12-9-. The van der Waals surface area contributed by atoms with Crippen molar-refractivity contribution in [2.24, 2.45) is 10.4 Å². The summed E-state index contributed by atoms with van der Waals surface area (Å²) in [5.74, 6) is 0.827. The molecule has 0 saturated heterocycles. The number of hydrogen-bond acceptors (Lipinski definition) is 4. The molecule has 19 heavy (non-hydrogen) atoms. The van der Waals surface area contributed by atoms with Gasteiger partial charge in [-0.1, -0.05) is 32.9 Å². The zero-order valence-corrected chi connectivity index (χ0v) is 11.6. The van der Waals surface area contributed by atoms with Crippen molar-refractivity contribution in [3.63, 3.8) is 0 Å². The van der Waals surface area contributed by atoms with E-state index in [2.05, 4.69) is 4.99 Å². The van der Waals surface area contributed by atoms with Crippen molar-refractivity contribution >= 4 is 17.9 Å². The number of hydrogen-bond donors (Lipinski definition) is 0. The maximum Gasteiger partial charge on any atom is 0.363 e. The third-order valence-electron chi connectivity index (χ3n) is 2.68. The number of cyclic esters (lactones) is 1. The van der Waals surface area contributed by atoms with Crippen LogP contribution in [0.1, 0.15) is 26.3 Å². The van der Waals surface area contributed by atoms with Crippen LogP contribution in [0.15, 0.2) is 35.0 Å². The van der Waals surface area contributed by atoms with Crippen molar-refractivity contribution in [1.29, 1.82) is 0 Å². The number of carbonyl (C=O) groups excluding carboxylic acids is 1. The first kappa shape index (κ1) is 13.3. The Labute approximate surface area is 112 Å². The Hall–Kier alpha value is -2.10. The summed E-state index contributed by atoms with van der Waals surface area (Å²) in [5.41, 5.74) is 0.937. The van der Waals surface area contributed by atoms with Gasteiger partial charge in [-0.15, -0.1) is 0 Å². The summed E-state index contributed by atoms with van der Waals surface area (Å²) in [5, 5.41) is 0. The number of carbonyl (C=O) groups is 1. The predicted octanol–water partition coefficient (Wildman–Crippen LogP) is 3.04. The fraction of sp³-hybridized carbons (Fsp3) is 0.333. The highest BCUT2D eigenvalue weighted by atomic mass is 16.6. The number of aliphatic imine (C=N–C) groups is 1. The van der Waals surface area contributed by atoms with Gasteiger partial charge in [0, 0.05) is 5.41 Å². The van der Waals surface area contributed by atoms with Crippen LogP contribution < -0.4 is 4.74 Å². The molecule has 0 atom stereocenters. The van der Waals surface area contributed by atoms with Crippen molar-refractivity contribution in [1.82, 2.24) is 0 Å². The van der Waals surface area contributed by atoms with Crippen molar-refractivity contribution in [2.45, 2.75) is 20.8 Å². The van der Waals surface area contributed by atoms with Gasteiger partial charge in [0.1, 0.15) is 5.75 Å². The summed E-state index contributed by atoms with van der Waals surface area (Å²) in [6.07, 6.45) is 1.71. The van der Waals surface area contributed by atoms with E-state index in [1.807, 2.05) is 45.0 Å². The molecular formula is C15H17NO3. The van der Waals surface area contributed by atoms with E-state index in [4.69, 9.17) is 9.47 Å². The lowest BCUT2D eigenvalue weighted by atomic mass is 9.97. The molecule has 100 valence electrons. The Morgan fingerprint density at radius 3 is 2.32 bits per heavy atom. The molecule has 1 aromatic rings. The van der Waals surface area contributed by atoms with Crippen molar-refractivity contribution in [3.8, 4) is 5.75 Å². The van der Waals surface area contributed by atoms with Gasteiger partial charge in [-0.05, 0) is 23.8 Å². The summed E-state index contributed by atoms with van der Waals surface area (Å²) < 4.78 is 10.3. The molecule has 0 radical (unpaired) electrons. The summed E-state index contributed by atoms with van der Waals surface area (Å²) in [7, 11) is 1.61. The average molecular weight is 259 g/mol. The molecule has 0 saturated carbocycles. The van der Waals surface area contributed by atoms with Crippen molar-refractivity contribution < 1.29 is 14.3 Å². The minimum absolute atomic E-state index is 0.273. The number of nitrogens with zero attached hydrogens (tertiary/aromatic N) is 1. The van der Waals surface area contributed by atoms with E-state index in [9.17, 15) is 4.79 Å². The van der Waals surface area contributed by atoms with Crippen LogP contribution in [0.4, 0.5) is 0 Å². The van der Waals surface area contributed by atoms with Crippen molar-refractivity contribution in [3.05, 3.63) is 35.5 Å². The molecule has 0 N–H and O–H groups in total. The molecule has 1 heterocycles. The Bertz CT molecular complexity index is 548. The first-order chi connectivity index (χ1) is 8.90. The molecule has 1 aromatic carbocycles. The van der Waals surface area contributed by atoms with Gasteiger partial charge in [0.25, 0.3) is 0 Å². The molecule has 0 amide bonds. The van der Waals surface area contributed by atoms with Crippen LogP contribution in [0.3, 0.4) is 0 Å². The summed E-state index contributed by atoms with van der Waals surface area (Å²) in [4.78, 5) is 16.0. The molecule has 1 aliphatic rings. The normalized spacial score (nSPS) is 17.4. The van der Waals surface area contributed by atoms with Crippen LogP contribution in [-0.4, -0.2) is 19.0 Å². The smallest absolute Gasteiger partial charge is 0.363 e. The van der Waals surface area contributed by atoms with Gasteiger partial charge < -0.3 is 9.47 Å². The van der Waals surface area contributed by atoms with Crippen molar-refractivity contribution in [2.75, 3.05) is 7.11 Å². The number of methoxy groups -OCH3 is 1. The van der Waals surface area contributed by atoms with Gasteiger partial charge in [0.15, 0.2) is 5.70 Å². The fourth-order valence-corrected chi connectivity index (χ4v) is 1.59. The van der Waals surface area contributed by atoms with Crippen LogP contribution >= 0.6 is 0 Å². The molecule has 2 rings (SSSR count). The lowest BCUT2D eigenvalue weighted by molar-refractivity contribution is -0.130. The third kappa shape index (κ3) is 3.02. The largest absolute Gasteiger partial charge is 0.497 e. The molecule has 0 aliphatic carbocycles. The van der Waals surface area contributed by atoms with Crippen LogP contribution in [0.2, 0.25) is 0 Å². The van der Waals surface area contributed by atoms with Crippen LogP contribution in [-0.2, 0) is 9.53 Å². The van der Waals surface area contributed by atoms with E-state index in [1.165, 1.54) is 0 Å². The average Bonchev–Trinajstić information content (AvgIpc) is 2.72. The van der Waals surface area contributed by atoms with Gasteiger partial charge in [0.2, 0.25) is 5.90 Å². The van der Waals surface area contributed by atoms with E-state index >= 15 is 0 Å². The SMILES string of the molecule is COc1ccc(/C=C2\N=C(C(C)(C)C)OC2=O)cc1. The van der Waals surface area contributed by atoms with Crippen LogP contribution in [0.25, 0.3) is 6.08 Å². The Morgan fingerprint density at radius 1 is 1.21 bits per heavy atom. The first-order valence-corrected chi connectivity index (χ1v) is 6.07. The topological polar surface area (TPSA) is 47.9 Å². The highest BCUT2D eigenvalue weighted by Gasteiger charge is 2.31. The summed E-state index contributed by atoms with van der Waals surface area (Å²) in [6.45, 7) is 5.86. The molecule has 0 bridgehead atoms. The van der Waals surface area contributed by atoms with E-state index in [0.29, 0.717) is 11.6 Å². The maximum absolute atomic E-state index is 11.7. The molecule has 4 nitrogen and oxygen atoms in total. The molecule has 1 aliphatic heterocycles. The summed E-state index contributed by atoms with van der Waals surface area (Å²) in [6, 6.07) is 7.40. The highest BCUT2D eigenvalue weighted by Crippen LogP contribution is 2.25. The molecule has 0 spiro atoms. The van der Waals surface area contributed by atoms with Crippen LogP contribution in [0, 0.1) is 5.41 Å². The van der Waals surface area contributed by atoms with Gasteiger partial charge in [-0.2, -0.15) is 0 Å². The minimum atomic E-state index is -0.402. The van der Waals surface area contributed by atoms with E-state index < -0.39 is 5.97 Å². The fourth-order valence-electron chi connectivity index (χ4n) is 1.59. The first-order valence-electron chi connectivity index (χ1n) is 6.07. The number of benzene rings is 1. The molecule has 4 heteroatoms. The number of esters is 1. The third-order valence-corrected chi connectivity index (χ3v) is 2.68. The quantitative estimate of drug-likeness (QED) is 0.606. The molecule has 0 unspecified atom stereocenters. The molecular weight excluding hydrogens is 242 g/mol. The second-order valence-corrected chi connectivity index (χ2v) is 5.36.